The average Bonchev–Trinajstić information content (AvgIpc) is 3.36. The summed E-state index contributed by atoms with van der Waals surface area (Å²) in [6.07, 6.45) is 9.84. The molecule has 28 heavy (non-hydrogen) atoms. The third-order valence-corrected chi connectivity index (χ3v) is 6.23. The zero-order valence-corrected chi connectivity index (χ0v) is 17.5. The fourth-order valence-electron chi connectivity index (χ4n) is 4.58. The molecule has 1 unspecified atom stereocenters. The molecule has 3 aliphatic rings. The van der Waals surface area contributed by atoms with Crippen LogP contribution in [-0.2, 0) is 21.3 Å². The fraction of sp³-hybridized carbons (Fsp3) is 0.800. The molecule has 1 N–H and O–H groups in total. The van der Waals surface area contributed by atoms with Crippen LogP contribution in [0.25, 0.3) is 0 Å². The number of nitrogens with one attached hydrogen (secondary N) is 1. The van der Waals surface area contributed by atoms with Gasteiger partial charge in [0.25, 0.3) is 0 Å². The Labute approximate surface area is 173 Å². The van der Waals surface area contributed by atoms with Crippen LogP contribution in [0.3, 0.4) is 0 Å². The Balaban J connectivity index is 0.00000225. The molecule has 3 aliphatic heterocycles. The van der Waals surface area contributed by atoms with Gasteiger partial charge in [-0.3, -0.25) is 9.48 Å². The predicted octanol–water partition coefficient (Wildman–Crippen LogP) is 1.72. The number of likely N-dealkylation sites (tertiary alicyclic amines) is 1. The van der Waals surface area contributed by atoms with Crippen molar-refractivity contribution in [2.24, 2.45) is 13.0 Å². The Morgan fingerprint density at radius 1 is 1.29 bits per heavy atom. The Morgan fingerprint density at radius 2 is 2.11 bits per heavy atom. The van der Waals surface area contributed by atoms with E-state index >= 15 is 0 Å². The Hall–Kier alpha value is -1.15. The number of amides is 1. The van der Waals surface area contributed by atoms with Crippen molar-refractivity contribution in [2.45, 2.75) is 50.2 Å². The first-order chi connectivity index (χ1) is 13.2. The van der Waals surface area contributed by atoms with Crippen molar-refractivity contribution in [2.75, 3.05) is 39.4 Å². The summed E-state index contributed by atoms with van der Waals surface area (Å²) in [5.41, 5.74) is 1.16. The largest absolute Gasteiger partial charge is 0.376 e. The molecule has 0 saturated carbocycles. The third kappa shape index (κ3) is 5.06. The minimum Gasteiger partial charge on any atom is -0.376 e. The lowest BCUT2D eigenvalue weighted by atomic mass is 9.89. The Morgan fingerprint density at radius 3 is 2.79 bits per heavy atom. The molecule has 4 heterocycles. The Bertz CT molecular complexity index is 627. The molecule has 4 rings (SSSR count). The summed E-state index contributed by atoms with van der Waals surface area (Å²) in [4.78, 5) is 15.1. The summed E-state index contributed by atoms with van der Waals surface area (Å²) in [5, 5.41) is 7.67. The zero-order valence-electron chi connectivity index (χ0n) is 16.7. The zero-order chi connectivity index (χ0) is 18.6. The van der Waals surface area contributed by atoms with Crippen molar-refractivity contribution in [3.63, 3.8) is 0 Å². The summed E-state index contributed by atoms with van der Waals surface area (Å²) in [7, 11) is 1.92. The van der Waals surface area contributed by atoms with Crippen molar-refractivity contribution < 1.29 is 14.3 Å². The van der Waals surface area contributed by atoms with E-state index in [1.807, 2.05) is 29.0 Å². The van der Waals surface area contributed by atoms with E-state index in [0.29, 0.717) is 6.61 Å². The smallest absolute Gasteiger partial charge is 0.227 e. The number of hydrogen-bond acceptors (Lipinski definition) is 5. The highest BCUT2D eigenvalue weighted by atomic mass is 35.5. The number of rotatable bonds is 5. The van der Waals surface area contributed by atoms with Crippen molar-refractivity contribution in [1.82, 2.24) is 20.0 Å². The molecule has 1 amide bonds. The molecule has 1 aromatic rings. The fourth-order valence-corrected chi connectivity index (χ4v) is 4.58. The number of piperidine rings is 1. The molecule has 3 fully saturated rings. The molecule has 0 aliphatic carbocycles. The van der Waals surface area contributed by atoms with E-state index in [1.54, 1.807) is 0 Å². The maximum atomic E-state index is 13.1. The quantitative estimate of drug-likeness (QED) is 0.797. The van der Waals surface area contributed by atoms with Crippen LogP contribution in [0.4, 0.5) is 0 Å². The number of hydrogen-bond donors (Lipinski definition) is 1. The first kappa shape index (κ1) is 21.6. The van der Waals surface area contributed by atoms with Crippen LogP contribution in [0.1, 0.15) is 43.6 Å². The van der Waals surface area contributed by atoms with E-state index < -0.39 is 0 Å². The van der Waals surface area contributed by atoms with Gasteiger partial charge in [-0.25, -0.2) is 0 Å². The normalized spacial score (nSPS) is 28.9. The van der Waals surface area contributed by atoms with Gasteiger partial charge in [0.1, 0.15) is 0 Å². The van der Waals surface area contributed by atoms with E-state index in [0.717, 1.165) is 57.6 Å². The summed E-state index contributed by atoms with van der Waals surface area (Å²) in [6, 6.07) is 0. The number of nitrogens with zero attached hydrogens (tertiary/aromatic N) is 3. The van der Waals surface area contributed by atoms with E-state index in [9.17, 15) is 4.79 Å². The monoisotopic (exact) mass is 412 g/mol. The van der Waals surface area contributed by atoms with Crippen LogP contribution in [0.5, 0.6) is 0 Å². The molecule has 158 valence electrons. The molecule has 0 radical (unpaired) electrons. The van der Waals surface area contributed by atoms with E-state index in [1.165, 1.54) is 12.8 Å². The van der Waals surface area contributed by atoms with E-state index in [-0.39, 0.29) is 42.4 Å². The standard InChI is InChI=1S/C20H32N4O3.ClH/c1-23-13-15(10-22-23)18-11-21-12-19(18)20(25)24-7-5-16(6-8-24)27-14-17-4-2-3-9-26-17;/h10,13,16-19,21H,2-9,11-12,14H2,1H3;1H/t17?,18-,19+;/m1./s1. The first-order valence-corrected chi connectivity index (χ1v) is 10.4. The molecular weight excluding hydrogens is 380 g/mol. The lowest BCUT2D eigenvalue weighted by Crippen LogP contribution is -2.45. The molecule has 0 bridgehead atoms. The van der Waals surface area contributed by atoms with Gasteiger partial charge in [-0.15, -0.1) is 12.4 Å². The predicted molar refractivity (Wildman–Crippen MR) is 109 cm³/mol. The van der Waals surface area contributed by atoms with Gasteiger partial charge in [0, 0.05) is 51.9 Å². The van der Waals surface area contributed by atoms with Crippen LogP contribution in [0.2, 0.25) is 0 Å². The molecule has 8 heteroatoms. The lowest BCUT2D eigenvalue weighted by Gasteiger charge is -2.35. The minimum atomic E-state index is 0. The van der Waals surface area contributed by atoms with E-state index in [2.05, 4.69) is 10.4 Å². The summed E-state index contributed by atoms with van der Waals surface area (Å²) in [5.74, 6) is 0.522. The number of ether oxygens (including phenoxy) is 2. The van der Waals surface area contributed by atoms with Gasteiger partial charge in [-0.05, 0) is 37.7 Å². The van der Waals surface area contributed by atoms with Crippen molar-refractivity contribution in [3.05, 3.63) is 18.0 Å². The first-order valence-electron chi connectivity index (χ1n) is 10.4. The van der Waals surface area contributed by atoms with Gasteiger partial charge in [0.2, 0.25) is 5.91 Å². The molecule has 0 spiro atoms. The molecular formula is C20H33ClN4O3. The van der Waals surface area contributed by atoms with Gasteiger partial charge in [0.05, 0.1) is 30.9 Å². The van der Waals surface area contributed by atoms with Crippen LogP contribution in [-0.4, -0.2) is 72.2 Å². The summed E-state index contributed by atoms with van der Waals surface area (Å²) >= 11 is 0. The molecule has 3 saturated heterocycles. The van der Waals surface area contributed by atoms with Crippen LogP contribution in [0, 0.1) is 5.92 Å². The number of carbonyl (C=O) groups is 1. The van der Waals surface area contributed by atoms with Crippen LogP contribution < -0.4 is 5.32 Å². The van der Waals surface area contributed by atoms with Crippen molar-refractivity contribution in [3.8, 4) is 0 Å². The SMILES string of the molecule is Cl.Cn1cc([C@H]2CNC[C@@H]2C(=O)N2CCC(OCC3CCCCO3)CC2)cn1. The number of aromatic nitrogens is 2. The van der Waals surface area contributed by atoms with Crippen molar-refractivity contribution >= 4 is 18.3 Å². The van der Waals surface area contributed by atoms with Gasteiger partial charge < -0.3 is 19.7 Å². The lowest BCUT2D eigenvalue weighted by molar-refractivity contribution is -0.139. The minimum absolute atomic E-state index is 0. The summed E-state index contributed by atoms with van der Waals surface area (Å²) < 4.78 is 13.6. The second-order valence-corrected chi connectivity index (χ2v) is 8.17. The van der Waals surface area contributed by atoms with Gasteiger partial charge in [0.15, 0.2) is 0 Å². The second kappa shape index (κ2) is 10.1. The molecule has 7 nitrogen and oxygen atoms in total. The van der Waals surface area contributed by atoms with Crippen molar-refractivity contribution in [1.29, 1.82) is 0 Å². The van der Waals surface area contributed by atoms with Gasteiger partial charge in [-0.1, -0.05) is 0 Å². The second-order valence-electron chi connectivity index (χ2n) is 8.17. The molecule has 0 aromatic carbocycles. The average molecular weight is 413 g/mol. The molecule has 3 atom stereocenters. The number of aryl methyl sites for hydroxylation is 1. The number of carbonyl (C=O) groups excluding carboxylic acids is 1. The third-order valence-electron chi connectivity index (χ3n) is 6.23. The van der Waals surface area contributed by atoms with Crippen LogP contribution >= 0.6 is 12.4 Å². The molecule has 1 aromatic heterocycles. The van der Waals surface area contributed by atoms with Gasteiger partial charge >= 0.3 is 0 Å². The van der Waals surface area contributed by atoms with E-state index in [4.69, 9.17) is 9.47 Å². The maximum absolute atomic E-state index is 13.1. The highest BCUT2D eigenvalue weighted by Crippen LogP contribution is 2.30. The van der Waals surface area contributed by atoms with Crippen LogP contribution in [0.15, 0.2) is 12.4 Å². The summed E-state index contributed by atoms with van der Waals surface area (Å²) in [6.45, 7) is 4.77. The highest BCUT2D eigenvalue weighted by molar-refractivity contribution is 5.85. The van der Waals surface area contributed by atoms with Gasteiger partial charge in [-0.2, -0.15) is 5.10 Å². The topological polar surface area (TPSA) is 68.6 Å². The number of halogens is 1. The Kier molecular flexibility index (Phi) is 7.74. The highest BCUT2D eigenvalue weighted by Gasteiger charge is 2.38. The maximum Gasteiger partial charge on any atom is 0.227 e.